The fourth-order valence-electron chi connectivity index (χ4n) is 7.62. The topological polar surface area (TPSA) is 97.3 Å². The highest BCUT2D eigenvalue weighted by atomic mass is 14.9. The van der Waals surface area contributed by atoms with E-state index in [1.165, 1.54) is 0 Å². The molecule has 1 heterocycles. The Balaban J connectivity index is 1.16. The molecule has 0 fully saturated rings. The summed E-state index contributed by atoms with van der Waals surface area (Å²) in [7, 11) is 0. The van der Waals surface area contributed by atoms with Gasteiger partial charge in [-0.25, -0.2) is 9.97 Å². The van der Waals surface area contributed by atoms with Crippen molar-refractivity contribution < 1.29 is 0 Å². The minimum Gasteiger partial charge on any atom is -0.298 e. The molecule has 0 amide bonds. The fraction of sp³-hybridized carbons (Fsp3) is 0. The van der Waals surface area contributed by atoms with E-state index in [-0.39, 0.29) is 11.4 Å². The van der Waals surface area contributed by atoms with Crippen LogP contribution in [0.1, 0.15) is 16.7 Å². The minimum absolute atomic E-state index is 0.195. The zero-order chi connectivity index (χ0) is 39.4. The van der Waals surface area contributed by atoms with E-state index < -0.39 is 0 Å². The Bertz CT molecular complexity index is 2990. The molecule has 0 saturated carbocycles. The molecule has 0 bridgehead atoms. The van der Waals surface area contributed by atoms with Gasteiger partial charge in [-0.05, 0) is 68.8 Å². The van der Waals surface area contributed by atoms with Crippen molar-refractivity contribution in [1.82, 2.24) is 9.97 Å². The maximum atomic E-state index is 9.67. The summed E-state index contributed by atoms with van der Waals surface area (Å²) in [5.41, 5.74) is 14.5. The van der Waals surface area contributed by atoms with Crippen LogP contribution in [0, 0.1) is 22.1 Å². The second-order valence-electron chi connectivity index (χ2n) is 14.0. The third kappa shape index (κ3) is 6.87. The molecule has 0 atom stereocenters. The second kappa shape index (κ2) is 15.6. The molecule has 5 nitrogen and oxygen atoms in total. The van der Waals surface area contributed by atoms with Gasteiger partial charge in [-0.15, -0.1) is 0 Å². The van der Waals surface area contributed by atoms with E-state index in [0.717, 1.165) is 78.2 Å². The Morgan fingerprint density at radius 2 is 0.810 bits per heavy atom. The van der Waals surface area contributed by atoms with E-state index in [2.05, 4.69) is 72.8 Å². The van der Waals surface area contributed by atoms with Gasteiger partial charge in [0.15, 0.2) is 5.82 Å². The van der Waals surface area contributed by atoms with Crippen LogP contribution in [0.2, 0.25) is 0 Å². The highest BCUT2D eigenvalue weighted by Gasteiger charge is 2.23. The summed E-state index contributed by atoms with van der Waals surface area (Å²) in [6.07, 6.45) is 3.92. The molecule has 58 heavy (non-hydrogen) atoms. The summed E-state index contributed by atoms with van der Waals surface area (Å²) < 4.78 is 0. The Labute approximate surface area is 337 Å². The molecule has 1 aliphatic rings. The molecule has 0 radical (unpaired) electrons. The Morgan fingerprint density at radius 3 is 1.47 bits per heavy atom. The molecule has 5 heteroatoms. The van der Waals surface area contributed by atoms with E-state index in [4.69, 9.17) is 20.8 Å². The highest BCUT2D eigenvalue weighted by Crippen LogP contribution is 2.39. The van der Waals surface area contributed by atoms with Gasteiger partial charge >= 0.3 is 0 Å². The monoisotopic (exact) mass is 741 g/mol. The summed E-state index contributed by atoms with van der Waals surface area (Å²) in [6, 6.07) is 64.9. The van der Waals surface area contributed by atoms with Crippen molar-refractivity contribution in [2.45, 2.75) is 0 Å². The lowest BCUT2D eigenvalue weighted by Crippen LogP contribution is -2.19. The molecule has 8 aromatic rings. The maximum absolute atomic E-state index is 9.67. The van der Waals surface area contributed by atoms with Gasteiger partial charge in [-0.1, -0.05) is 176 Å². The van der Waals surface area contributed by atoms with Crippen LogP contribution in [0.4, 0.5) is 0 Å². The molecule has 272 valence electrons. The fourth-order valence-corrected chi connectivity index (χ4v) is 7.62. The number of hydrogen-bond acceptors (Lipinski definition) is 5. The number of nitriles is 1. The smallest absolute Gasteiger partial charge is 0.161 e. The van der Waals surface area contributed by atoms with Gasteiger partial charge < -0.3 is 0 Å². The van der Waals surface area contributed by atoms with E-state index in [0.29, 0.717) is 17.0 Å². The van der Waals surface area contributed by atoms with Crippen molar-refractivity contribution in [3.8, 4) is 73.4 Å². The van der Waals surface area contributed by atoms with Crippen molar-refractivity contribution in [3.63, 3.8) is 0 Å². The van der Waals surface area contributed by atoms with Crippen LogP contribution in [0.5, 0.6) is 0 Å². The number of aromatic nitrogens is 2. The second-order valence-corrected chi connectivity index (χ2v) is 14.0. The molecule has 0 aliphatic heterocycles. The Hall–Kier alpha value is -8.07. The van der Waals surface area contributed by atoms with Crippen LogP contribution >= 0.6 is 0 Å². The van der Waals surface area contributed by atoms with Gasteiger partial charge in [0, 0.05) is 27.8 Å². The van der Waals surface area contributed by atoms with Crippen LogP contribution in [-0.4, -0.2) is 21.4 Å². The summed E-state index contributed by atoms with van der Waals surface area (Å²) in [5.74, 6) is 0.596. The van der Waals surface area contributed by atoms with Gasteiger partial charge in [0.2, 0.25) is 0 Å². The summed E-state index contributed by atoms with van der Waals surface area (Å²) in [4.78, 5) is 10.5. The van der Waals surface area contributed by atoms with Crippen LogP contribution in [0.3, 0.4) is 0 Å². The number of nitrogens with one attached hydrogen (secondary N) is 2. The zero-order valence-corrected chi connectivity index (χ0v) is 31.4. The van der Waals surface area contributed by atoms with Gasteiger partial charge in [0.25, 0.3) is 0 Å². The summed E-state index contributed by atoms with van der Waals surface area (Å²) >= 11 is 0. The first-order chi connectivity index (χ1) is 28.6. The number of allylic oxidation sites excluding steroid dienone is 4. The minimum atomic E-state index is 0.195. The zero-order valence-electron chi connectivity index (χ0n) is 31.4. The van der Waals surface area contributed by atoms with Crippen LogP contribution in [0.25, 0.3) is 78.4 Å². The number of benzene rings is 7. The molecule has 9 rings (SSSR count). The van der Waals surface area contributed by atoms with E-state index in [1.807, 2.05) is 133 Å². The van der Waals surface area contributed by atoms with E-state index in [9.17, 15) is 5.26 Å². The first kappa shape index (κ1) is 35.6. The first-order valence-corrected chi connectivity index (χ1v) is 19.1. The highest BCUT2D eigenvalue weighted by molar-refractivity contribution is 6.68. The summed E-state index contributed by atoms with van der Waals surface area (Å²) in [5, 5.41) is 27.7. The number of hydrogen-bond donors (Lipinski definition) is 2. The molecule has 1 aliphatic carbocycles. The number of nitrogens with zero attached hydrogens (tertiary/aromatic N) is 3. The molecule has 2 N–H and O–H groups in total. The van der Waals surface area contributed by atoms with Crippen molar-refractivity contribution in [2.75, 3.05) is 0 Å². The Kier molecular flexibility index (Phi) is 9.57. The lowest BCUT2D eigenvalue weighted by molar-refractivity contribution is 1.18. The molecule has 0 unspecified atom stereocenters. The average Bonchev–Trinajstić information content (AvgIpc) is 3.30. The van der Waals surface area contributed by atoms with Gasteiger partial charge in [-0.3, -0.25) is 10.8 Å². The molecule has 0 saturated heterocycles. The summed E-state index contributed by atoms with van der Waals surface area (Å²) in [6.45, 7) is 0. The normalized spacial score (nSPS) is 12.4. The third-order valence-electron chi connectivity index (χ3n) is 10.5. The quantitative estimate of drug-likeness (QED) is 0.152. The third-order valence-corrected chi connectivity index (χ3v) is 10.5. The maximum Gasteiger partial charge on any atom is 0.161 e. The molecular weight excluding hydrogens is 707 g/mol. The number of rotatable bonds is 8. The van der Waals surface area contributed by atoms with Crippen molar-refractivity contribution >= 4 is 22.6 Å². The largest absolute Gasteiger partial charge is 0.298 e. The van der Waals surface area contributed by atoms with Gasteiger partial charge in [-0.2, -0.15) is 5.26 Å². The van der Waals surface area contributed by atoms with E-state index in [1.54, 1.807) is 0 Å². The lowest BCUT2D eigenvalue weighted by atomic mass is 9.84. The first-order valence-electron chi connectivity index (χ1n) is 19.1. The molecule has 1 aromatic heterocycles. The lowest BCUT2D eigenvalue weighted by Gasteiger charge is -2.20. The van der Waals surface area contributed by atoms with Gasteiger partial charge in [0.05, 0.1) is 34.4 Å². The Morgan fingerprint density at radius 1 is 0.362 bits per heavy atom. The standard InChI is InChI=1S/C53H35N5/c54-34-35-15-13-20-38(31-35)42-24-8-11-27-46(42)50-33-49(37-18-5-2-6-19-37)57-53(58-50)48-28-12-9-25-43(48)40-22-14-21-39(32-40)41-23-7-10-26-45(41)47-30-29-44(51(55)52(47)56)36-16-3-1-4-17-36/h1-33,55-56H. The molecule has 7 aromatic carbocycles. The predicted molar refractivity (Wildman–Crippen MR) is 237 cm³/mol. The average molecular weight is 742 g/mol. The van der Waals surface area contributed by atoms with Crippen LogP contribution < -0.4 is 0 Å². The predicted octanol–water partition coefficient (Wildman–Crippen LogP) is 12.9. The van der Waals surface area contributed by atoms with Crippen molar-refractivity contribution in [2.24, 2.45) is 0 Å². The van der Waals surface area contributed by atoms with Crippen molar-refractivity contribution in [3.05, 3.63) is 217 Å². The van der Waals surface area contributed by atoms with Crippen LogP contribution in [0.15, 0.2) is 200 Å². The molecule has 0 spiro atoms. The van der Waals surface area contributed by atoms with E-state index >= 15 is 0 Å². The van der Waals surface area contributed by atoms with Crippen LogP contribution in [-0.2, 0) is 0 Å². The van der Waals surface area contributed by atoms with Gasteiger partial charge in [0.1, 0.15) is 0 Å². The van der Waals surface area contributed by atoms with Crippen molar-refractivity contribution in [1.29, 1.82) is 16.1 Å². The molecular formula is C53H35N5. The SMILES string of the molecule is N#Cc1cccc(-c2ccccc2-c2cc(-c3ccccc3)nc(-c3ccccc3-c3cccc(-c4ccccc4C4=CC=C(c5ccccc5)C(=N)C4=N)c3)n2)c1.